The number of nitrogens with zero attached hydrogens (tertiary/aromatic N) is 1. The number of pyridine rings is 1. The number of halogens is 1. The highest BCUT2D eigenvalue weighted by Gasteiger charge is 2.11. The summed E-state index contributed by atoms with van der Waals surface area (Å²) in [6, 6.07) is 17.5. The fraction of sp³-hybridized carbons (Fsp3) is 0.0625. The average Bonchev–Trinajstić information content (AvgIpc) is 2.46. The number of benzene rings is 2. The molecule has 1 heterocycles. The van der Waals surface area contributed by atoms with Gasteiger partial charge in [0, 0.05) is 21.6 Å². The summed E-state index contributed by atoms with van der Waals surface area (Å²) in [6.45, 7) is 0. The van der Waals surface area contributed by atoms with Gasteiger partial charge in [-0.25, -0.2) is 0 Å². The SMILES string of the molecule is OC(c1cccc(Br)c1)c1cnc2ccccc2c1. The van der Waals surface area contributed by atoms with E-state index in [1.165, 1.54) is 0 Å². The first-order chi connectivity index (χ1) is 9.24. The molecule has 94 valence electrons. The highest BCUT2D eigenvalue weighted by atomic mass is 79.9. The van der Waals surface area contributed by atoms with Crippen molar-refractivity contribution in [2.75, 3.05) is 0 Å². The van der Waals surface area contributed by atoms with Crippen molar-refractivity contribution in [1.29, 1.82) is 0 Å². The Labute approximate surface area is 119 Å². The second-order valence-electron chi connectivity index (χ2n) is 4.42. The number of hydrogen-bond acceptors (Lipinski definition) is 2. The van der Waals surface area contributed by atoms with Gasteiger partial charge in [-0.1, -0.05) is 46.3 Å². The van der Waals surface area contributed by atoms with Crippen LogP contribution in [0.15, 0.2) is 65.3 Å². The zero-order chi connectivity index (χ0) is 13.2. The topological polar surface area (TPSA) is 33.1 Å². The summed E-state index contributed by atoms with van der Waals surface area (Å²) in [7, 11) is 0. The van der Waals surface area contributed by atoms with Gasteiger partial charge < -0.3 is 5.11 Å². The van der Waals surface area contributed by atoms with Crippen molar-refractivity contribution >= 4 is 26.8 Å². The molecular weight excluding hydrogens is 302 g/mol. The zero-order valence-corrected chi connectivity index (χ0v) is 11.7. The van der Waals surface area contributed by atoms with Gasteiger partial charge in [0.05, 0.1) is 5.52 Å². The second kappa shape index (κ2) is 5.11. The first kappa shape index (κ1) is 12.3. The molecule has 19 heavy (non-hydrogen) atoms. The molecule has 1 atom stereocenters. The van der Waals surface area contributed by atoms with E-state index in [4.69, 9.17) is 0 Å². The smallest absolute Gasteiger partial charge is 0.106 e. The van der Waals surface area contributed by atoms with Gasteiger partial charge in [0.1, 0.15) is 6.10 Å². The molecule has 0 aliphatic heterocycles. The molecule has 0 amide bonds. The number of para-hydroxylation sites is 1. The maximum Gasteiger partial charge on any atom is 0.106 e. The molecular formula is C16H12BrNO. The Balaban J connectivity index is 2.04. The van der Waals surface area contributed by atoms with Crippen molar-refractivity contribution in [3.05, 3.63) is 76.4 Å². The summed E-state index contributed by atoms with van der Waals surface area (Å²) in [5.41, 5.74) is 2.59. The molecule has 0 saturated heterocycles. The molecule has 0 spiro atoms. The number of aliphatic hydroxyl groups is 1. The molecule has 0 fully saturated rings. The summed E-state index contributed by atoms with van der Waals surface area (Å²) >= 11 is 3.42. The van der Waals surface area contributed by atoms with Gasteiger partial charge in [-0.3, -0.25) is 4.98 Å². The van der Waals surface area contributed by atoms with E-state index in [9.17, 15) is 5.11 Å². The molecule has 0 saturated carbocycles. The van der Waals surface area contributed by atoms with Crippen LogP contribution in [0.1, 0.15) is 17.2 Å². The van der Waals surface area contributed by atoms with Gasteiger partial charge in [-0.05, 0) is 29.8 Å². The lowest BCUT2D eigenvalue weighted by Crippen LogP contribution is -2.00. The van der Waals surface area contributed by atoms with Crippen molar-refractivity contribution in [3.8, 4) is 0 Å². The fourth-order valence-electron chi connectivity index (χ4n) is 2.11. The first-order valence-electron chi connectivity index (χ1n) is 6.02. The van der Waals surface area contributed by atoms with E-state index in [0.717, 1.165) is 26.5 Å². The minimum Gasteiger partial charge on any atom is -0.384 e. The zero-order valence-electron chi connectivity index (χ0n) is 10.1. The van der Waals surface area contributed by atoms with Crippen molar-refractivity contribution in [1.82, 2.24) is 4.98 Å². The number of aromatic nitrogens is 1. The Hall–Kier alpha value is -1.71. The van der Waals surface area contributed by atoms with E-state index in [2.05, 4.69) is 20.9 Å². The third-order valence-electron chi connectivity index (χ3n) is 3.09. The molecule has 1 unspecified atom stereocenters. The second-order valence-corrected chi connectivity index (χ2v) is 5.33. The lowest BCUT2D eigenvalue weighted by Gasteiger charge is -2.12. The molecule has 0 radical (unpaired) electrons. The molecule has 0 aliphatic carbocycles. The van der Waals surface area contributed by atoms with Crippen LogP contribution in [0, 0.1) is 0 Å². The molecule has 2 nitrogen and oxygen atoms in total. The minimum absolute atomic E-state index is 0.658. The predicted molar refractivity (Wildman–Crippen MR) is 79.9 cm³/mol. The Morgan fingerprint density at radius 3 is 2.63 bits per heavy atom. The largest absolute Gasteiger partial charge is 0.384 e. The van der Waals surface area contributed by atoms with E-state index in [0.29, 0.717) is 0 Å². The third kappa shape index (κ3) is 2.53. The summed E-state index contributed by atoms with van der Waals surface area (Å²) in [6.07, 6.45) is 1.07. The van der Waals surface area contributed by atoms with Crippen LogP contribution in [0.3, 0.4) is 0 Å². The van der Waals surface area contributed by atoms with E-state index in [1.807, 2.05) is 54.6 Å². The van der Waals surface area contributed by atoms with Crippen molar-refractivity contribution in [3.63, 3.8) is 0 Å². The lowest BCUT2D eigenvalue weighted by molar-refractivity contribution is 0.220. The molecule has 3 heteroatoms. The first-order valence-corrected chi connectivity index (χ1v) is 6.81. The summed E-state index contributed by atoms with van der Waals surface area (Å²) < 4.78 is 0.956. The van der Waals surface area contributed by atoms with E-state index in [-0.39, 0.29) is 0 Å². The van der Waals surface area contributed by atoms with Crippen LogP contribution in [0.2, 0.25) is 0 Å². The van der Waals surface area contributed by atoms with Crippen molar-refractivity contribution in [2.24, 2.45) is 0 Å². The van der Waals surface area contributed by atoms with Crippen molar-refractivity contribution < 1.29 is 5.11 Å². The van der Waals surface area contributed by atoms with Gasteiger partial charge in [0.2, 0.25) is 0 Å². The Bertz CT molecular complexity index is 727. The Morgan fingerprint density at radius 1 is 0.947 bits per heavy atom. The van der Waals surface area contributed by atoms with Crippen LogP contribution in [0.5, 0.6) is 0 Å². The van der Waals surface area contributed by atoms with E-state index < -0.39 is 6.10 Å². The lowest BCUT2D eigenvalue weighted by atomic mass is 10.0. The molecule has 0 bridgehead atoms. The molecule has 3 rings (SSSR count). The normalized spacial score (nSPS) is 12.5. The van der Waals surface area contributed by atoms with Gasteiger partial charge in [0.25, 0.3) is 0 Å². The van der Waals surface area contributed by atoms with Crippen LogP contribution < -0.4 is 0 Å². The highest BCUT2D eigenvalue weighted by Crippen LogP contribution is 2.25. The molecule has 1 N–H and O–H groups in total. The number of aliphatic hydroxyl groups excluding tert-OH is 1. The minimum atomic E-state index is -0.658. The standard InChI is InChI=1S/C16H12BrNO/c17-14-6-3-5-12(9-14)16(19)13-8-11-4-1-2-7-15(11)18-10-13/h1-10,16,19H. The summed E-state index contributed by atoms with van der Waals surface area (Å²) in [4.78, 5) is 4.38. The van der Waals surface area contributed by atoms with E-state index >= 15 is 0 Å². The van der Waals surface area contributed by atoms with Gasteiger partial charge in [0.15, 0.2) is 0 Å². The molecule has 0 aliphatic rings. The van der Waals surface area contributed by atoms with Crippen LogP contribution in [-0.4, -0.2) is 10.1 Å². The van der Waals surface area contributed by atoms with E-state index in [1.54, 1.807) is 6.20 Å². The van der Waals surface area contributed by atoms with Crippen LogP contribution in [-0.2, 0) is 0 Å². The van der Waals surface area contributed by atoms with Gasteiger partial charge in [-0.2, -0.15) is 0 Å². The maximum absolute atomic E-state index is 10.4. The van der Waals surface area contributed by atoms with Crippen LogP contribution in [0.4, 0.5) is 0 Å². The quantitative estimate of drug-likeness (QED) is 0.773. The summed E-state index contributed by atoms with van der Waals surface area (Å²) in [5.74, 6) is 0. The monoisotopic (exact) mass is 313 g/mol. The highest BCUT2D eigenvalue weighted by molar-refractivity contribution is 9.10. The molecule has 2 aromatic carbocycles. The number of rotatable bonds is 2. The number of fused-ring (bicyclic) bond motifs is 1. The molecule has 3 aromatic rings. The fourth-order valence-corrected chi connectivity index (χ4v) is 2.52. The maximum atomic E-state index is 10.4. The molecule has 1 aromatic heterocycles. The predicted octanol–water partition coefficient (Wildman–Crippen LogP) is 4.08. The Kier molecular flexibility index (Phi) is 3.32. The number of hydrogen-bond donors (Lipinski definition) is 1. The van der Waals surface area contributed by atoms with Gasteiger partial charge >= 0.3 is 0 Å². The average molecular weight is 314 g/mol. The van der Waals surface area contributed by atoms with Crippen molar-refractivity contribution in [2.45, 2.75) is 6.10 Å². The Morgan fingerprint density at radius 2 is 1.79 bits per heavy atom. The third-order valence-corrected chi connectivity index (χ3v) is 3.59. The van der Waals surface area contributed by atoms with Crippen LogP contribution >= 0.6 is 15.9 Å². The van der Waals surface area contributed by atoms with Crippen LogP contribution in [0.25, 0.3) is 10.9 Å². The van der Waals surface area contributed by atoms with Gasteiger partial charge in [-0.15, -0.1) is 0 Å². The summed E-state index contributed by atoms with van der Waals surface area (Å²) in [5, 5.41) is 11.5.